The van der Waals surface area contributed by atoms with E-state index in [2.05, 4.69) is 24.6 Å². The SMILES string of the molecule is Clc1ccc(-c2nnc3n2CN(CCN2CCCCC2)CS3)cc1. The quantitative estimate of drug-likeness (QED) is 0.832. The minimum atomic E-state index is 0.745. The molecule has 128 valence electrons. The fourth-order valence-corrected chi connectivity index (χ4v) is 4.36. The van der Waals surface area contributed by atoms with Crippen molar-refractivity contribution in [2.75, 3.05) is 32.1 Å². The van der Waals surface area contributed by atoms with E-state index in [4.69, 9.17) is 11.6 Å². The highest BCUT2D eigenvalue weighted by atomic mass is 35.5. The lowest BCUT2D eigenvalue weighted by molar-refractivity contribution is 0.169. The molecule has 1 aromatic heterocycles. The van der Waals surface area contributed by atoms with E-state index >= 15 is 0 Å². The molecular formula is C17H22ClN5S. The standard InChI is InChI=1S/C17H22ClN5S/c18-15-6-4-14(5-7-15)16-19-20-17-23(16)12-22(13-24-17)11-10-21-8-2-1-3-9-21/h4-7H,1-3,8-13H2. The highest BCUT2D eigenvalue weighted by Gasteiger charge is 2.23. The van der Waals surface area contributed by atoms with Gasteiger partial charge in [0.2, 0.25) is 0 Å². The predicted octanol–water partition coefficient (Wildman–Crippen LogP) is 3.41. The minimum absolute atomic E-state index is 0.745. The Morgan fingerprint density at radius 2 is 1.71 bits per heavy atom. The Morgan fingerprint density at radius 3 is 2.50 bits per heavy atom. The van der Waals surface area contributed by atoms with Crippen LogP contribution in [0.4, 0.5) is 0 Å². The molecule has 24 heavy (non-hydrogen) atoms. The van der Waals surface area contributed by atoms with Crippen LogP contribution in [0.25, 0.3) is 11.4 Å². The molecule has 1 aromatic carbocycles. The average molecular weight is 364 g/mol. The van der Waals surface area contributed by atoms with Gasteiger partial charge in [-0.3, -0.25) is 9.47 Å². The summed E-state index contributed by atoms with van der Waals surface area (Å²) in [5.41, 5.74) is 1.07. The Morgan fingerprint density at radius 1 is 0.958 bits per heavy atom. The molecule has 0 N–H and O–H groups in total. The van der Waals surface area contributed by atoms with Crippen LogP contribution in [0.2, 0.25) is 5.02 Å². The van der Waals surface area contributed by atoms with Gasteiger partial charge in [0.25, 0.3) is 0 Å². The van der Waals surface area contributed by atoms with Gasteiger partial charge in [-0.1, -0.05) is 29.8 Å². The molecule has 1 saturated heterocycles. The zero-order valence-corrected chi connectivity index (χ0v) is 15.3. The van der Waals surface area contributed by atoms with Crippen molar-refractivity contribution in [3.8, 4) is 11.4 Å². The van der Waals surface area contributed by atoms with Crippen molar-refractivity contribution >= 4 is 23.4 Å². The number of likely N-dealkylation sites (tertiary alicyclic amines) is 1. The van der Waals surface area contributed by atoms with E-state index in [0.717, 1.165) is 47.2 Å². The minimum Gasteiger partial charge on any atom is -0.302 e. The molecule has 3 heterocycles. The zero-order chi connectivity index (χ0) is 16.4. The molecule has 0 aliphatic carbocycles. The van der Waals surface area contributed by atoms with Crippen molar-refractivity contribution in [2.24, 2.45) is 0 Å². The van der Waals surface area contributed by atoms with Crippen molar-refractivity contribution in [3.05, 3.63) is 29.3 Å². The van der Waals surface area contributed by atoms with Gasteiger partial charge in [0.05, 0.1) is 12.5 Å². The van der Waals surface area contributed by atoms with E-state index in [0.29, 0.717) is 0 Å². The van der Waals surface area contributed by atoms with E-state index in [1.165, 1.54) is 32.4 Å². The van der Waals surface area contributed by atoms with Gasteiger partial charge in [-0.2, -0.15) is 0 Å². The monoisotopic (exact) mass is 363 g/mol. The van der Waals surface area contributed by atoms with Crippen LogP contribution >= 0.6 is 23.4 Å². The molecule has 1 fully saturated rings. The number of rotatable bonds is 4. The molecule has 2 aliphatic heterocycles. The number of nitrogens with zero attached hydrogens (tertiary/aromatic N) is 5. The molecule has 4 rings (SSSR count). The normalized spacial score (nSPS) is 19.4. The van der Waals surface area contributed by atoms with Crippen LogP contribution < -0.4 is 0 Å². The molecule has 0 amide bonds. The van der Waals surface area contributed by atoms with E-state index in [1.54, 1.807) is 11.8 Å². The summed E-state index contributed by atoms with van der Waals surface area (Å²) >= 11 is 7.77. The zero-order valence-electron chi connectivity index (χ0n) is 13.7. The van der Waals surface area contributed by atoms with Crippen molar-refractivity contribution in [1.82, 2.24) is 24.6 Å². The Balaban J connectivity index is 1.44. The van der Waals surface area contributed by atoms with E-state index in [-0.39, 0.29) is 0 Å². The topological polar surface area (TPSA) is 37.2 Å². The predicted molar refractivity (Wildman–Crippen MR) is 98.2 cm³/mol. The highest BCUT2D eigenvalue weighted by Crippen LogP contribution is 2.29. The summed E-state index contributed by atoms with van der Waals surface area (Å²) in [5.74, 6) is 1.92. The van der Waals surface area contributed by atoms with Gasteiger partial charge >= 0.3 is 0 Å². The molecule has 0 spiro atoms. The van der Waals surface area contributed by atoms with Gasteiger partial charge in [0, 0.05) is 23.7 Å². The number of fused-ring (bicyclic) bond motifs is 1. The van der Waals surface area contributed by atoms with Crippen LogP contribution in [0.3, 0.4) is 0 Å². The second-order valence-electron chi connectivity index (χ2n) is 6.45. The highest BCUT2D eigenvalue weighted by molar-refractivity contribution is 7.99. The lowest BCUT2D eigenvalue weighted by atomic mass is 10.1. The first-order valence-corrected chi connectivity index (χ1v) is 9.92. The number of thioether (sulfide) groups is 1. The van der Waals surface area contributed by atoms with Crippen molar-refractivity contribution in [2.45, 2.75) is 31.1 Å². The van der Waals surface area contributed by atoms with Crippen molar-refractivity contribution in [1.29, 1.82) is 0 Å². The first kappa shape index (κ1) is 16.4. The molecule has 2 aromatic rings. The first-order valence-electron chi connectivity index (χ1n) is 8.56. The molecule has 0 radical (unpaired) electrons. The molecule has 2 aliphatic rings. The molecule has 0 saturated carbocycles. The summed E-state index contributed by atoms with van der Waals surface area (Å²) in [5, 5.41) is 10.5. The Labute approximate surface area is 152 Å². The van der Waals surface area contributed by atoms with E-state index in [9.17, 15) is 0 Å². The lowest BCUT2D eigenvalue weighted by Crippen LogP contribution is -2.39. The van der Waals surface area contributed by atoms with Crippen LogP contribution in [-0.4, -0.2) is 56.6 Å². The summed E-state index contributed by atoms with van der Waals surface area (Å²) in [6, 6.07) is 7.83. The number of hydrogen-bond donors (Lipinski definition) is 0. The molecular weight excluding hydrogens is 342 g/mol. The number of hydrogen-bond acceptors (Lipinski definition) is 5. The van der Waals surface area contributed by atoms with Gasteiger partial charge < -0.3 is 4.90 Å². The smallest absolute Gasteiger partial charge is 0.193 e. The van der Waals surface area contributed by atoms with E-state index < -0.39 is 0 Å². The first-order chi connectivity index (χ1) is 11.8. The maximum absolute atomic E-state index is 5.99. The summed E-state index contributed by atoms with van der Waals surface area (Å²) < 4.78 is 2.22. The van der Waals surface area contributed by atoms with Crippen molar-refractivity contribution in [3.63, 3.8) is 0 Å². The maximum atomic E-state index is 5.99. The average Bonchev–Trinajstić information content (AvgIpc) is 3.05. The third-order valence-electron chi connectivity index (χ3n) is 4.72. The molecule has 0 atom stereocenters. The van der Waals surface area contributed by atoms with Gasteiger partial charge in [-0.25, -0.2) is 0 Å². The van der Waals surface area contributed by atoms with Gasteiger partial charge in [0.1, 0.15) is 0 Å². The molecule has 0 bridgehead atoms. The van der Waals surface area contributed by atoms with Gasteiger partial charge in [-0.05, 0) is 50.2 Å². The van der Waals surface area contributed by atoms with Gasteiger partial charge in [0.15, 0.2) is 11.0 Å². The fraction of sp³-hybridized carbons (Fsp3) is 0.529. The van der Waals surface area contributed by atoms with Crippen LogP contribution in [0.15, 0.2) is 29.4 Å². The fourth-order valence-electron chi connectivity index (χ4n) is 3.33. The summed E-state index contributed by atoms with van der Waals surface area (Å²) in [7, 11) is 0. The van der Waals surface area contributed by atoms with Crippen LogP contribution in [0.5, 0.6) is 0 Å². The Hall–Kier alpha value is -1.08. The molecule has 0 unspecified atom stereocenters. The summed E-state index contributed by atoms with van der Waals surface area (Å²) in [6.45, 7) is 5.64. The van der Waals surface area contributed by atoms with E-state index in [1.807, 2.05) is 24.3 Å². The number of benzene rings is 1. The molecule has 7 heteroatoms. The van der Waals surface area contributed by atoms with Crippen molar-refractivity contribution < 1.29 is 0 Å². The van der Waals surface area contributed by atoms with Crippen LogP contribution in [0, 0.1) is 0 Å². The van der Waals surface area contributed by atoms with Crippen LogP contribution in [-0.2, 0) is 6.67 Å². The molecule has 5 nitrogen and oxygen atoms in total. The van der Waals surface area contributed by atoms with Gasteiger partial charge in [-0.15, -0.1) is 10.2 Å². The van der Waals surface area contributed by atoms with Crippen LogP contribution in [0.1, 0.15) is 19.3 Å². The largest absolute Gasteiger partial charge is 0.302 e. The lowest BCUT2D eigenvalue weighted by Gasteiger charge is -2.32. The number of halogens is 1. The number of piperidine rings is 1. The summed E-state index contributed by atoms with van der Waals surface area (Å²) in [6.07, 6.45) is 4.10. The third-order valence-corrected chi connectivity index (χ3v) is 6.02. The Kier molecular flexibility index (Phi) is 5.08. The maximum Gasteiger partial charge on any atom is 0.193 e. The summed E-state index contributed by atoms with van der Waals surface area (Å²) in [4.78, 5) is 5.07. The third kappa shape index (κ3) is 3.61. The Bertz CT molecular complexity index is 681. The second-order valence-corrected chi connectivity index (χ2v) is 7.80. The second kappa shape index (κ2) is 7.44. The number of aromatic nitrogens is 3.